The van der Waals surface area contributed by atoms with Gasteiger partial charge in [0.15, 0.2) is 0 Å². The molecule has 0 unspecified atom stereocenters. The van der Waals surface area contributed by atoms with E-state index in [4.69, 9.17) is 4.74 Å². The Morgan fingerprint density at radius 3 is 2.62 bits per heavy atom. The van der Waals surface area contributed by atoms with Gasteiger partial charge in [-0.05, 0) is 43.3 Å². The molecule has 4 rings (SSSR count). The summed E-state index contributed by atoms with van der Waals surface area (Å²) >= 11 is 0.801. The fourth-order valence-electron chi connectivity index (χ4n) is 3.91. The van der Waals surface area contributed by atoms with E-state index in [2.05, 4.69) is 0 Å². The predicted molar refractivity (Wildman–Crippen MR) is 131 cm³/mol. The average Bonchev–Trinajstić information content (AvgIpc) is 3.24. The number of benzene rings is 2. The highest BCUT2D eigenvalue weighted by Gasteiger charge is 2.37. The summed E-state index contributed by atoms with van der Waals surface area (Å²) in [6.45, 7) is 4.08. The minimum atomic E-state index is -0.602. The van der Waals surface area contributed by atoms with E-state index in [0.29, 0.717) is 12.1 Å². The molecule has 176 valence electrons. The third-order valence-electron chi connectivity index (χ3n) is 5.76. The second-order valence-corrected chi connectivity index (χ2v) is 9.03. The quantitative estimate of drug-likeness (QED) is 0.241. The number of hydrogen-bond acceptors (Lipinski definition) is 5. The first-order valence-corrected chi connectivity index (χ1v) is 11.9. The lowest BCUT2D eigenvalue weighted by Gasteiger charge is -2.11. The number of fused-ring (bicyclic) bond motifs is 1. The minimum Gasteiger partial charge on any atom is -0.464 e. The third-order valence-corrected chi connectivity index (χ3v) is 6.67. The number of hydrogen-bond donors (Lipinski definition) is 0. The number of thioether (sulfide) groups is 1. The zero-order chi connectivity index (χ0) is 24.2. The van der Waals surface area contributed by atoms with E-state index in [1.165, 1.54) is 6.07 Å². The van der Waals surface area contributed by atoms with Crippen LogP contribution in [0.1, 0.15) is 36.6 Å². The van der Waals surface area contributed by atoms with Crippen LogP contribution in [-0.4, -0.2) is 39.7 Å². The molecule has 8 heteroatoms. The van der Waals surface area contributed by atoms with E-state index in [1.54, 1.807) is 24.3 Å². The van der Waals surface area contributed by atoms with Gasteiger partial charge in [-0.1, -0.05) is 49.7 Å². The van der Waals surface area contributed by atoms with Crippen molar-refractivity contribution in [3.8, 4) is 0 Å². The Balaban J connectivity index is 1.64. The summed E-state index contributed by atoms with van der Waals surface area (Å²) in [4.78, 5) is 38.6. The fraction of sp³-hybridized carbons (Fsp3) is 0.269. The van der Waals surface area contributed by atoms with Gasteiger partial charge in [0.25, 0.3) is 11.1 Å². The topological polar surface area (TPSA) is 68.6 Å². The molecule has 0 spiro atoms. The van der Waals surface area contributed by atoms with Crippen LogP contribution < -0.4 is 0 Å². The monoisotopic (exact) mass is 480 g/mol. The number of halogens is 1. The Bertz CT molecular complexity index is 1300. The lowest BCUT2D eigenvalue weighted by molar-refractivity contribution is -0.146. The number of esters is 1. The van der Waals surface area contributed by atoms with Crippen LogP contribution in [0.15, 0.2) is 53.4 Å². The van der Waals surface area contributed by atoms with Crippen LogP contribution in [0.25, 0.3) is 17.0 Å². The van der Waals surface area contributed by atoms with Gasteiger partial charge in [0.1, 0.15) is 12.4 Å². The van der Waals surface area contributed by atoms with Crippen molar-refractivity contribution in [1.29, 1.82) is 0 Å². The zero-order valence-corrected chi connectivity index (χ0v) is 19.9. The van der Waals surface area contributed by atoms with Gasteiger partial charge in [-0.3, -0.25) is 19.3 Å². The van der Waals surface area contributed by atoms with E-state index >= 15 is 0 Å². The summed E-state index contributed by atoms with van der Waals surface area (Å²) in [5, 5.41) is 0.388. The molecule has 1 saturated heterocycles. The van der Waals surface area contributed by atoms with Gasteiger partial charge in [0.05, 0.1) is 18.1 Å². The molecule has 2 aromatic carbocycles. The summed E-state index contributed by atoms with van der Waals surface area (Å²) in [7, 11) is 0. The summed E-state index contributed by atoms with van der Waals surface area (Å²) in [6.07, 6.45) is 3.29. The van der Waals surface area contributed by atoms with E-state index in [1.807, 2.05) is 42.7 Å². The summed E-state index contributed by atoms with van der Waals surface area (Å²) in [6, 6.07) is 14.3. The van der Waals surface area contributed by atoms with Gasteiger partial charge in [-0.25, -0.2) is 4.39 Å². The molecule has 2 amide bonds. The van der Waals surface area contributed by atoms with Gasteiger partial charge in [-0.15, -0.1) is 0 Å². The van der Waals surface area contributed by atoms with Crippen molar-refractivity contribution in [2.75, 3.05) is 13.2 Å². The normalized spacial score (nSPS) is 15.0. The largest absolute Gasteiger partial charge is 0.464 e. The molecule has 1 aliphatic heterocycles. The first-order valence-electron chi connectivity index (χ1n) is 11.1. The van der Waals surface area contributed by atoms with Crippen LogP contribution in [0.2, 0.25) is 0 Å². The maximum absolute atomic E-state index is 14.3. The zero-order valence-electron chi connectivity index (χ0n) is 19.0. The Labute approximate surface area is 201 Å². The number of carbonyl (C=O) groups excluding carboxylic acids is 3. The molecule has 0 saturated carbocycles. The van der Waals surface area contributed by atoms with Crippen molar-refractivity contribution < 1.29 is 23.5 Å². The van der Waals surface area contributed by atoms with Gasteiger partial charge in [0, 0.05) is 27.7 Å². The maximum atomic E-state index is 14.3. The molecule has 0 bridgehead atoms. The highest BCUT2D eigenvalue weighted by molar-refractivity contribution is 8.18. The minimum absolute atomic E-state index is 0.239. The van der Waals surface area contributed by atoms with Crippen molar-refractivity contribution in [3.05, 3.63) is 76.1 Å². The van der Waals surface area contributed by atoms with Crippen molar-refractivity contribution >= 4 is 45.9 Å². The molecule has 1 aromatic heterocycles. The molecule has 2 heterocycles. The Morgan fingerprint density at radius 1 is 1.12 bits per heavy atom. The van der Waals surface area contributed by atoms with Crippen LogP contribution in [-0.2, 0) is 20.9 Å². The molecule has 0 aliphatic carbocycles. The number of carbonyl (C=O) groups is 3. The van der Waals surface area contributed by atoms with Crippen LogP contribution in [0.3, 0.4) is 0 Å². The molecule has 3 aromatic rings. The smallest absolute Gasteiger partial charge is 0.326 e. The number of nitrogens with zero attached hydrogens (tertiary/aromatic N) is 2. The number of ether oxygens (including phenoxy) is 1. The van der Waals surface area contributed by atoms with Gasteiger partial charge >= 0.3 is 5.97 Å². The van der Waals surface area contributed by atoms with Gasteiger partial charge in [0.2, 0.25) is 0 Å². The van der Waals surface area contributed by atoms with Crippen molar-refractivity contribution in [2.24, 2.45) is 0 Å². The van der Waals surface area contributed by atoms with E-state index in [-0.39, 0.29) is 17.3 Å². The van der Waals surface area contributed by atoms with Crippen LogP contribution in [0.5, 0.6) is 0 Å². The van der Waals surface area contributed by atoms with E-state index < -0.39 is 23.7 Å². The lowest BCUT2D eigenvalue weighted by Crippen LogP contribution is -2.34. The molecular weight excluding hydrogens is 455 g/mol. The van der Waals surface area contributed by atoms with Crippen LogP contribution in [0, 0.1) is 12.7 Å². The van der Waals surface area contributed by atoms with E-state index in [0.717, 1.165) is 51.7 Å². The summed E-state index contributed by atoms with van der Waals surface area (Å²) < 4.78 is 21.4. The number of imide groups is 1. The molecule has 1 fully saturated rings. The Morgan fingerprint density at radius 2 is 1.85 bits per heavy atom. The highest BCUT2D eigenvalue weighted by Crippen LogP contribution is 2.36. The van der Waals surface area contributed by atoms with Crippen LogP contribution in [0.4, 0.5) is 9.18 Å². The molecule has 34 heavy (non-hydrogen) atoms. The number of aromatic nitrogens is 1. The van der Waals surface area contributed by atoms with E-state index in [9.17, 15) is 18.8 Å². The van der Waals surface area contributed by atoms with Crippen molar-refractivity contribution in [1.82, 2.24) is 9.47 Å². The van der Waals surface area contributed by atoms with Crippen molar-refractivity contribution in [2.45, 2.75) is 33.2 Å². The molecule has 0 radical (unpaired) electrons. The second-order valence-electron chi connectivity index (χ2n) is 8.04. The first kappa shape index (κ1) is 23.8. The summed E-state index contributed by atoms with van der Waals surface area (Å²) in [5.74, 6) is -1.41. The SMILES string of the molecule is CCCCOC(=O)CN1C(=O)S/C(=C\c2c(C)n(Cc3ccccc3F)c3ccccc23)C1=O. The first-order chi connectivity index (χ1) is 16.4. The molecular formula is C26H25FN2O4S. The van der Waals surface area contributed by atoms with Crippen LogP contribution >= 0.6 is 11.8 Å². The summed E-state index contributed by atoms with van der Waals surface area (Å²) in [5.41, 5.74) is 3.08. The lowest BCUT2D eigenvalue weighted by atomic mass is 10.1. The second kappa shape index (κ2) is 10.3. The van der Waals surface area contributed by atoms with Gasteiger partial charge < -0.3 is 9.30 Å². The number of amides is 2. The standard InChI is InChI=1S/C26H25FN2O4S/c1-3-4-13-33-24(30)16-29-25(31)23(34-26(29)32)14-20-17(2)28(22-12-8-6-10-19(20)22)15-18-9-5-7-11-21(18)27/h5-12,14H,3-4,13,15-16H2,1-2H3/b23-14-. The fourth-order valence-corrected chi connectivity index (χ4v) is 4.73. The number of unbranched alkanes of at least 4 members (excludes halogenated alkanes) is 1. The van der Waals surface area contributed by atoms with Crippen molar-refractivity contribution in [3.63, 3.8) is 0 Å². The Kier molecular flexibility index (Phi) is 7.17. The predicted octanol–water partition coefficient (Wildman–Crippen LogP) is 5.52. The molecule has 0 N–H and O–H groups in total. The molecule has 1 aliphatic rings. The molecule has 6 nitrogen and oxygen atoms in total. The average molecular weight is 481 g/mol. The molecule has 0 atom stereocenters. The van der Waals surface area contributed by atoms with Gasteiger partial charge in [-0.2, -0.15) is 0 Å². The maximum Gasteiger partial charge on any atom is 0.326 e. The Hall–Kier alpha value is -3.39. The highest BCUT2D eigenvalue weighted by atomic mass is 32.2. The number of para-hydroxylation sites is 1. The third kappa shape index (κ3) is 4.77. The number of rotatable bonds is 8.